The van der Waals surface area contributed by atoms with E-state index in [0.717, 1.165) is 28.4 Å². The van der Waals surface area contributed by atoms with Gasteiger partial charge in [-0.05, 0) is 84.9 Å². The number of hydrogen-bond acceptors (Lipinski definition) is 4. The van der Waals surface area contributed by atoms with E-state index in [9.17, 15) is 0 Å². The van der Waals surface area contributed by atoms with Gasteiger partial charge < -0.3 is 9.80 Å². The van der Waals surface area contributed by atoms with Crippen molar-refractivity contribution in [2.24, 2.45) is 0 Å². The molecule has 7 aromatic carbocycles. The van der Waals surface area contributed by atoms with Crippen molar-refractivity contribution in [3.63, 3.8) is 0 Å². The lowest BCUT2D eigenvalue weighted by atomic mass is 10.1. The summed E-state index contributed by atoms with van der Waals surface area (Å²) in [5, 5.41) is 5.16. The SMILES string of the molecule is c1ccc(N(c2ccc3c(c2)sc2ccccc23)c2ccc3sc4cccc(N(c5ccccc5)c5ccccc5)c4c3c2)cc1. The van der Waals surface area contributed by atoms with Crippen LogP contribution in [-0.2, 0) is 0 Å². The summed E-state index contributed by atoms with van der Waals surface area (Å²) >= 11 is 3.72. The minimum absolute atomic E-state index is 1.14. The number of benzene rings is 7. The molecule has 0 fully saturated rings. The van der Waals surface area contributed by atoms with Gasteiger partial charge in [-0.2, -0.15) is 0 Å². The topological polar surface area (TPSA) is 6.48 Å². The fourth-order valence-electron chi connectivity index (χ4n) is 6.58. The van der Waals surface area contributed by atoms with Crippen LogP contribution in [-0.4, -0.2) is 0 Å². The average Bonchev–Trinajstić information content (AvgIpc) is 3.68. The zero-order valence-corrected chi connectivity index (χ0v) is 26.5. The summed E-state index contributed by atoms with van der Waals surface area (Å²) in [4.78, 5) is 4.77. The summed E-state index contributed by atoms with van der Waals surface area (Å²) in [5.41, 5.74) is 6.88. The van der Waals surface area contributed by atoms with E-state index < -0.39 is 0 Å². The first-order valence-electron chi connectivity index (χ1n) is 15.4. The monoisotopic (exact) mass is 624 g/mol. The van der Waals surface area contributed by atoms with Crippen LogP contribution in [0.1, 0.15) is 0 Å². The molecule has 0 bridgehead atoms. The standard InChI is InChI=1S/C42H28N2S2/c1-4-13-29(14-5-1)43(33-23-25-35-34-19-10-11-21-38(34)46-41(35)28-33)32-24-26-39-36(27-32)42-37(20-12-22-40(42)45-39)44(30-15-6-2-7-16-30)31-17-8-3-9-18-31/h1-28H. The van der Waals surface area contributed by atoms with Crippen molar-refractivity contribution in [3.8, 4) is 0 Å². The Bertz CT molecular complexity index is 2440. The Morgan fingerprint density at radius 3 is 1.54 bits per heavy atom. The lowest BCUT2D eigenvalue weighted by molar-refractivity contribution is 1.29. The van der Waals surface area contributed by atoms with Crippen molar-refractivity contribution in [3.05, 3.63) is 170 Å². The highest BCUT2D eigenvalue weighted by molar-refractivity contribution is 7.26. The van der Waals surface area contributed by atoms with E-state index in [4.69, 9.17) is 0 Å². The second-order valence-corrected chi connectivity index (χ2v) is 13.6. The molecule has 0 radical (unpaired) electrons. The van der Waals surface area contributed by atoms with E-state index in [-0.39, 0.29) is 0 Å². The van der Waals surface area contributed by atoms with Crippen molar-refractivity contribution in [2.75, 3.05) is 9.80 Å². The van der Waals surface area contributed by atoms with Gasteiger partial charge in [0.2, 0.25) is 0 Å². The molecule has 0 aliphatic carbocycles. The minimum Gasteiger partial charge on any atom is -0.310 e. The van der Waals surface area contributed by atoms with Gasteiger partial charge in [0, 0.05) is 68.8 Å². The van der Waals surface area contributed by atoms with Gasteiger partial charge in [-0.1, -0.05) is 84.9 Å². The smallest absolute Gasteiger partial charge is 0.0554 e. The predicted molar refractivity (Wildman–Crippen MR) is 202 cm³/mol. The summed E-state index contributed by atoms with van der Waals surface area (Å²) in [6, 6.07) is 61.3. The molecule has 218 valence electrons. The fraction of sp³-hybridized carbons (Fsp3) is 0. The normalized spacial score (nSPS) is 11.5. The second kappa shape index (κ2) is 11.2. The van der Waals surface area contributed by atoms with Gasteiger partial charge in [0.25, 0.3) is 0 Å². The molecule has 0 saturated carbocycles. The van der Waals surface area contributed by atoms with Crippen LogP contribution in [0.15, 0.2) is 170 Å². The van der Waals surface area contributed by atoms with E-state index >= 15 is 0 Å². The van der Waals surface area contributed by atoms with E-state index in [2.05, 4.69) is 180 Å². The second-order valence-electron chi connectivity index (χ2n) is 11.4. The molecule has 4 heteroatoms. The molecule has 0 amide bonds. The first-order valence-corrected chi connectivity index (χ1v) is 17.1. The highest BCUT2D eigenvalue weighted by Crippen LogP contribution is 2.47. The van der Waals surface area contributed by atoms with Crippen LogP contribution in [0.5, 0.6) is 0 Å². The number of fused-ring (bicyclic) bond motifs is 6. The van der Waals surface area contributed by atoms with Gasteiger partial charge >= 0.3 is 0 Å². The number of nitrogens with zero attached hydrogens (tertiary/aromatic N) is 2. The van der Waals surface area contributed by atoms with Gasteiger partial charge in [0.05, 0.1) is 5.69 Å². The molecular formula is C42H28N2S2. The molecule has 0 aliphatic heterocycles. The number of thiophene rings is 2. The predicted octanol–water partition coefficient (Wildman–Crippen LogP) is 13.4. The van der Waals surface area contributed by atoms with Crippen molar-refractivity contribution in [1.29, 1.82) is 0 Å². The Hall–Kier alpha value is -5.42. The van der Waals surface area contributed by atoms with E-state index in [1.54, 1.807) is 0 Å². The maximum atomic E-state index is 2.39. The molecule has 9 aromatic rings. The molecule has 0 N–H and O–H groups in total. The van der Waals surface area contributed by atoms with E-state index in [1.807, 2.05) is 22.7 Å². The summed E-state index contributed by atoms with van der Waals surface area (Å²) < 4.78 is 5.17. The molecule has 0 aliphatic rings. The van der Waals surface area contributed by atoms with Crippen molar-refractivity contribution in [2.45, 2.75) is 0 Å². The maximum absolute atomic E-state index is 2.39. The van der Waals surface area contributed by atoms with Crippen LogP contribution >= 0.6 is 22.7 Å². The third kappa shape index (κ3) is 4.54. The number of para-hydroxylation sites is 3. The zero-order valence-electron chi connectivity index (χ0n) is 24.9. The molecule has 0 saturated heterocycles. The number of rotatable bonds is 6. The van der Waals surface area contributed by atoms with Crippen molar-refractivity contribution < 1.29 is 0 Å². The third-order valence-electron chi connectivity index (χ3n) is 8.62. The Morgan fingerprint density at radius 2 is 0.826 bits per heavy atom. The van der Waals surface area contributed by atoms with E-state index in [0.29, 0.717) is 0 Å². The molecular weight excluding hydrogens is 597 g/mol. The molecule has 0 unspecified atom stereocenters. The van der Waals surface area contributed by atoms with E-state index in [1.165, 1.54) is 46.0 Å². The van der Waals surface area contributed by atoms with Crippen LogP contribution in [0, 0.1) is 0 Å². The largest absolute Gasteiger partial charge is 0.310 e. The quantitative estimate of drug-likeness (QED) is 0.182. The summed E-state index contributed by atoms with van der Waals surface area (Å²) in [6.07, 6.45) is 0. The number of anilines is 6. The molecule has 2 heterocycles. The van der Waals surface area contributed by atoms with Crippen molar-refractivity contribution in [1.82, 2.24) is 0 Å². The van der Waals surface area contributed by atoms with Gasteiger partial charge in [-0.25, -0.2) is 0 Å². The lowest BCUT2D eigenvalue weighted by Gasteiger charge is -2.27. The maximum Gasteiger partial charge on any atom is 0.0554 e. The molecule has 46 heavy (non-hydrogen) atoms. The van der Waals surface area contributed by atoms with Gasteiger partial charge in [0.1, 0.15) is 0 Å². The highest BCUT2D eigenvalue weighted by Gasteiger charge is 2.20. The lowest BCUT2D eigenvalue weighted by Crippen LogP contribution is -2.10. The Kier molecular flexibility index (Phi) is 6.55. The fourth-order valence-corrected chi connectivity index (χ4v) is 8.83. The minimum atomic E-state index is 1.14. The molecule has 2 nitrogen and oxygen atoms in total. The summed E-state index contributed by atoms with van der Waals surface area (Å²) in [7, 11) is 0. The Labute approximate surface area is 275 Å². The molecule has 2 aromatic heterocycles. The first kappa shape index (κ1) is 26.9. The Balaban J connectivity index is 1.26. The summed E-state index contributed by atoms with van der Waals surface area (Å²) in [6.45, 7) is 0. The molecule has 0 spiro atoms. The first-order chi connectivity index (χ1) is 22.8. The summed E-state index contributed by atoms with van der Waals surface area (Å²) in [5.74, 6) is 0. The molecule has 0 atom stereocenters. The third-order valence-corrected chi connectivity index (χ3v) is 10.9. The van der Waals surface area contributed by atoms with Crippen LogP contribution in [0.2, 0.25) is 0 Å². The van der Waals surface area contributed by atoms with Crippen LogP contribution in [0.3, 0.4) is 0 Å². The van der Waals surface area contributed by atoms with Gasteiger partial charge in [-0.3, -0.25) is 0 Å². The molecule has 9 rings (SSSR count). The van der Waals surface area contributed by atoms with Crippen LogP contribution < -0.4 is 9.80 Å². The van der Waals surface area contributed by atoms with Crippen LogP contribution in [0.25, 0.3) is 40.3 Å². The number of hydrogen-bond donors (Lipinski definition) is 0. The average molecular weight is 625 g/mol. The van der Waals surface area contributed by atoms with Gasteiger partial charge in [-0.15, -0.1) is 22.7 Å². The van der Waals surface area contributed by atoms with Gasteiger partial charge in [0.15, 0.2) is 0 Å². The van der Waals surface area contributed by atoms with Crippen LogP contribution in [0.4, 0.5) is 34.1 Å². The zero-order chi connectivity index (χ0) is 30.5. The van der Waals surface area contributed by atoms with Crippen molar-refractivity contribution >= 4 is 97.1 Å². The highest BCUT2D eigenvalue weighted by atomic mass is 32.1. The Morgan fingerprint density at radius 1 is 0.304 bits per heavy atom.